The van der Waals surface area contributed by atoms with E-state index in [1.807, 2.05) is 36.0 Å². The van der Waals surface area contributed by atoms with Crippen molar-refractivity contribution in [1.82, 2.24) is 14.5 Å². The number of fused-ring (bicyclic) bond motifs is 1. The van der Waals surface area contributed by atoms with E-state index in [4.69, 9.17) is 5.26 Å². The van der Waals surface area contributed by atoms with Gasteiger partial charge in [-0.1, -0.05) is 12.1 Å². The van der Waals surface area contributed by atoms with Crippen molar-refractivity contribution in [2.45, 2.75) is 5.03 Å². The Morgan fingerprint density at radius 3 is 3.11 bits per heavy atom. The Kier molecular flexibility index (Phi) is 2.89. The Balaban J connectivity index is 1.89. The molecule has 2 heterocycles. The molecule has 0 bridgehead atoms. The van der Waals surface area contributed by atoms with Crippen LogP contribution in [0.2, 0.25) is 0 Å². The summed E-state index contributed by atoms with van der Waals surface area (Å²) in [5.74, 6) is 0. The first kappa shape index (κ1) is 11.7. The van der Waals surface area contributed by atoms with E-state index in [9.17, 15) is 0 Å². The van der Waals surface area contributed by atoms with Crippen LogP contribution < -0.4 is 4.72 Å². The minimum Gasteiger partial charge on any atom is -0.358 e. The number of hydrogen-bond donors (Lipinski definition) is 2. The molecule has 2 N–H and O–H groups in total. The van der Waals surface area contributed by atoms with Crippen molar-refractivity contribution < 1.29 is 0 Å². The quantitative estimate of drug-likeness (QED) is 0.717. The van der Waals surface area contributed by atoms with Crippen molar-refractivity contribution in [2.24, 2.45) is 7.05 Å². The van der Waals surface area contributed by atoms with E-state index < -0.39 is 0 Å². The highest BCUT2D eigenvalue weighted by atomic mass is 32.2. The van der Waals surface area contributed by atoms with Gasteiger partial charge in [0.1, 0.15) is 11.1 Å². The molecule has 5 nitrogen and oxygen atoms in total. The molecule has 0 spiro atoms. The van der Waals surface area contributed by atoms with E-state index in [1.54, 1.807) is 12.5 Å². The third kappa shape index (κ3) is 2.16. The molecule has 3 rings (SSSR count). The van der Waals surface area contributed by atoms with Gasteiger partial charge in [-0.2, -0.15) is 5.26 Å². The summed E-state index contributed by atoms with van der Waals surface area (Å²) in [7, 11) is 1.93. The van der Waals surface area contributed by atoms with Crippen LogP contribution in [-0.2, 0) is 7.05 Å². The Labute approximate surface area is 114 Å². The number of para-hydroxylation sites is 1. The zero-order valence-electron chi connectivity index (χ0n) is 10.2. The van der Waals surface area contributed by atoms with Gasteiger partial charge in [0, 0.05) is 36.8 Å². The van der Waals surface area contributed by atoms with Gasteiger partial charge in [0.25, 0.3) is 0 Å². The second-order valence-corrected chi connectivity index (χ2v) is 4.95. The number of aromatic nitrogens is 3. The van der Waals surface area contributed by atoms with Gasteiger partial charge in [-0.05, 0) is 6.07 Å². The summed E-state index contributed by atoms with van der Waals surface area (Å²) in [6.07, 6.45) is 5.42. The number of aromatic amines is 1. The summed E-state index contributed by atoms with van der Waals surface area (Å²) in [6, 6.07) is 8.00. The van der Waals surface area contributed by atoms with Gasteiger partial charge in [0.05, 0.1) is 23.1 Å². The first-order valence-corrected chi connectivity index (χ1v) is 6.50. The number of imidazole rings is 1. The van der Waals surface area contributed by atoms with Gasteiger partial charge < -0.3 is 14.3 Å². The van der Waals surface area contributed by atoms with E-state index in [0.29, 0.717) is 5.56 Å². The van der Waals surface area contributed by atoms with Crippen LogP contribution in [-0.4, -0.2) is 14.5 Å². The SMILES string of the molecule is Cn1cnc(SNc2cccc3c(C#N)c[nH]c23)c1. The fraction of sp³-hybridized carbons (Fsp3) is 0.0769. The normalized spacial score (nSPS) is 10.5. The lowest BCUT2D eigenvalue weighted by Crippen LogP contribution is -1.88. The van der Waals surface area contributed by atoms with Crippen LogP contribution in [0.3, 0.4) is 0 Å². The molecule has 0 amide bonds. The van der Waals surface area contributed by atoms with E-state index >= 15 is 0 Å². The highest BCUT2D eigenvalue weighted by Crippen LogP contribution is 2.28. The second-order valence-electron chi connectivity index (χ2n) is 4.12. The predicted octanol–water partition coefficient (Wildman–Crippen LogP) is 2.89. The fourth-order valence-electron chi connectivity index (χ4n) is 1.88. The number of nitriles is 1. The zero-order chi connectivity index (χ0) is 13.2. The topological polar surface area (TPSA) is 69.4 Å². The van der Waals surface area contributed by atoms with Crippen LogP contribution in [0.25, 0.3) is 10.9 Å². The van der Waals surface area contributed by atoms with E-state index in [2.05, 4.69) is 20.8 Å². The van der Waals surface area contributed by atoms with Crippen LogP contribution in [0, 0.1) is 11.3 Å². The van der Waals surface area contributed by atoms with Crippen molar-refractivity contribution in [3.63, 3.8) is 0 Å². The zero-order valence-corrected chi connectivity index (χ0v) is 11.0. The molecule has 6 heteroatoms. The number of rotatable bonds is 3. The lowest BCUT2D eigenvalue weighted by atomic mass is 10.2. The number of nitrogens with one attached hydrogen (secondary N) is 2. The van der Waals surface area contributed by atoms with Crippen molar-refractivity contribution in [3.05, 3.63) is 42.5 Å². The molecule has 0 radical (unpaired) electrons. The summed E-state index contributed by atoms with van der Waals surface area (Å²) in [5.41, 5.74) is 2.53. The van der Waals surface area contributed by atoms with E-state index in [-0.39, 0.29) is 0 Å². The Morgan fingerprint density at radius 2 is 2.37 bits per heavy atom. The van der Waals surface area contributed by atoms with Crippen LogP contribution in [0.15, 0.2) is 41.9 Å². The maximum absolute atomic E-state index is 9.02. The van der Waals surface area contributed by atoms with Gasteiger partial charge in [-0.25, -0.2) is 4.98 Å². The number of anilines is 1. The van der Waals surface area contributed by atoms with Crippen LogP contribution >= 0.6 is 11.9 Å². The fourth-order valence-corrected chi connectivity index (χ4v) is 2.58. The van der Waals surface area contributed by atoms with E-state index in [0.717, 1.165) is 21.6 Å². The van der Waals surface area contributed by atoms with Gasteiger partial charge >= 0.3 is 0 Å². The van der Waals surface area contributed by atoms with Crippen LogP contribution in [0.4, 0.5) is 5.69 Å². The maximum Gasteiger partial charge on any atom is 0.134 e. The Morgan fingerprint density at radius 1 is 1.47 bits per heavy atom. The van der Waals surface area contributed by atoms with Gasteiger partial charge in [0.2, 0.25) is 0 Å². The lowest BCUT2D eigenvalue weighted by Gasteiger charge is -2.04. The van der Waals surface area contributed by atoms with Crippen molar-refractivity contribution in [2.75, 3.05) is 4.72 Å². The number of aryl methyl sites for hydroxylation is 1. The highest BCUT2D eigenvalue weighted by molar-refractivity contribution is 8.00. The molecule has 0 atom stereocenters. The third-order valence-electron chi connectivity index (χ3n) is 2.78. The monoisotopic (exact) mass is 269 g/mol. The number of H-pyrrole nitrogens is 1. The summed E-state index contributed by atoms with van der Waals surface area (Å²) in [4.78, 5) is 7.36. The Bertz CT molecular complexity index is 765. The first-order valence-electron chi connectivity index (χ1n) is 5.69. The molecular weight excluding hydrogens is 258 g/mol. The molecule has 94 valence electrons. The first-order chi connectivity index (χ1) is 9.28. The van der Waals surface area contributed by atoms with Gasteiger partial charge in [0.15, 0.2) is 0 Å². The standard InChI is InChI=1S/C13H11N5S/c1-18-7-12(16-8-18)19-17-11-4-2-3-10-9(5-14)6-15-13(10)11/h2-4,6-8,15,17H,1H3. The van der Waals surface area contributed by atoms with Gasteiger partial charge in [-0.15, -0.1) is 0 Å². The minimum absolute atomic E-state index is 0.654. The largest absolute Gasteiger partial charge is 0.358 e. The average Bonchev–Trinajstić information content (AvgIpc) is 3.02. The van der Waals surface area contributed by atoms with Crippen molar-refractivity contribution in [3.8, 4) is 6.07 Å². The molecule has 2 aromatic heterocycles. The molecule has 0 unspecified atom stereocenters. The molecule has 0 saturated carbocycles. The molecule has 3 aromatic rings. The van der Waals surface area contributed by atoms with Crippen LogP contribution in [0.5, 0.6) is 0 Å². The highest BCUT2D eigenvalue weighted by Gasteiger charge is 2.07. The van der Waals surface area contributed by atoms with Crippen molar-refractivity contribution in [1.29, 1.82) is 5.26 Å². The van der Waals surface area contributed by atoms with E-state index in [1.165, 1.54) is 11.9 Å². The summed E-state index contributed by atoms with van der Waals surface area (Å²) >= 11 is 1.44. The third-order valence-corrected chi connectivity index (χ3v) is 3.52. The number of hydrogen-bond acceptors (Lipinski definition) is 4. The molecule has 1 aromatic carbocycles. The van der Waals surface area contributed by atoms with Gasteiger partial charge in [-0.3, -0.25) is 0 Å². The smallest absolute Gasteiger partial charge is 0.134 e. The maximum atomic E-state index is 9.02. The summed E-state index contributed by atoms with van der Waals surface area (Å²) < 4.78 is 5.15. The molecule has 19 heavy (non-hydrogen) atoms. The molecular formula is C13H11N5S. The molecule has 0 aliphatic heterocycles. The second kappa shape index (κ2) is 4.71. The minimum atomic E-state index is 0.654. The lowest BCUT2D eigenvalue weighted by molar-refractivity contribution is 0.912. The molecule has 0 saturated heterocycles. The molecule has 0 aliphatic carbocycles. The summed E-state index contributed by atoms with van der Waals surface area (Å²) in [5, 5.41) is 10.8. The number of nitrogens with zero attached hydrogens (tertiary/aromatic N) is 3. The predicted molar refractivity (Wildman–Crippen MR) is 75.7 cm³/mol. The summed E-state index contributed by atoms with van der Waals surface area (Å²) in [6.45, 7) is 0. The average molecular weight is 269 g/mol. The number of benzene rings is 1. The van der Waals surface area contributed by atoms with Crippen LogP contribution in [0.1, 0.15) is 5.56 Å². The molecule has 0 aliphatic rings. The Hall–Kier alpha value is -2.39. The van der Waals surface area contributed by atoms with Crippen molar-refractivity contribution >= 4 is 28.5 Å². The molecule has 0 fully saturated rings.